The van der Waals surface area contributed by atoms with Crippen LogP contribution in [0.3, 0.4) is 0 Å². The van der Waals surface area contributed by atoms with E-state index in [-0.39, 0.29) is 12.6 Å². The molecule has 5 heteroatoms. The number of methoxy groups -OCH3 is 2. The third-order valence-electron chi connectivity index (χ3n) is 1.55. The second-order valence-corrected chi connectivity index (χ2v) is 3.52. The first kappa shape index (κ1) is 11.5. The van der Waals surface area contributed by atoms with Crippen molar-refractivity contribution in [3.63, 3.8) is 0 Å². The molecule has 0 aliphatic carbocycles. The van der Waals surface area contributed by atoms with Gasteiger partial charge in [-0.3, -0.25) is 0 Å². The zero-order chi connectivity index (χ0) is 10.6. The molecule has 3 nitrogen and oxygen atoms in total. The molecular formula is C9H10FIO3. The van der Waals surface area contributed by atoms with Crippen molar-refractivity contribution in [1.29, 1.82) is 0 Å². The maximum atomic E-state index is 13.1. The number of hydrogen-bond donors (Lipinski definition) is 0. The van der Waals surface area contributed by atoms with Gasteiger partial charge < -0.3 is 14.2 Å². The van der Waals surface area contributed by atoms with E-state index in [9.17, 15) is 4.39 Å². The van der Waals surface area contributed by atoms with Crippen LogP contribution in [0, 0.1) is 9.39 Å². The van der Waals surface area contributed by atoms with E-state index in [0.29, 0.717) is 15.1 Å². The molecular weight excluding hydrogens is 302 g/mol. The van der Waals surface area contributed by atoms with E-state index in [2.05, 4.69) is 0 Å². The Morgan fingerprint density at radius 3 is 2.64 bits per heavy atom. The molecule has 0 bridgehead atoms. The molecule has 0 radical (unpaired) electrons. The lowest BCUT2D eigenvalue weighted by Gasteiger charge is -2.11. The van der Waals surface area contributed by atoms with Crippen LogP contribution in [-0.2, 0) is 4.74 Å². The zero-order valence-electron chi connectivity index (χ0n) is 7.84. The second-order valence-electron chi connectivity index (χ2n) is 2.44. The number of ether oxygens (including phenoxy) is 3. The van der Waals surface area contributed by atoms with Crippen molar-refractivity contribution >= 4 is 22.6 Å². The van der Waals surface area contributed by atoms with Gasteiger partial charge in [0.05, 0.1) is 10.7 Å². The molecule has 0 aromatic heterocycles. The summed E-state index contributed by atoms with van der Waals surface area (Å²) >= 11 is 1.86. The van der Waals surface area contributed by atoms with Gasteiger partial charge in [0.2, 0.25) is 0 Å². The van der Waals surface area contributed by atoms with Gasteiger partial charge in [0.15, 0.2) is 18.3 Å². The van der Waals surface area contributed by atoms with Crippen molar-refractivity contribution in [2.45, 2.75) is 0 Å². The van der Waals surface area contributed by atoms with Crippen LogP contribution in [0.5, 0.6) is 11.5 Å². The molecule has 0 N–H and O–H groups in total. The molecule has 0 saturated heterocycles. The minimum Gasteiger partial charge on any atom is -0.493 e. The molecule has 0 atom stereocenters. The largest absolute Gasteiger partial charge is 0.493 e. The van der Waals surface area contributed by atoms with Crippen molar-refractivity contribution in [1.82, 2.24) is 0 Å². The van der Waals surface area contributed by atoms with E-state index in [1.165, 1.54) is 26.4 Å². The molecule has 0 amide bonds. The molecule has 78 valence electrons. The predicted molar refractivity (Wildman–Crippen MR) is 58.2 cm³/mol. The molecule has 0 spiro atoms. The van der Waals surface area contributed by atoms with E-state index in [1.54, 1.807) is 0 Å². The Morgan fingerprint density at radius 2 is 2.07 bits per heavy atom. The van der Waals surface area contributed by atoms with Crippen LogP contribution in [0.25, 0.3) is 0 Å². The highest BCUT2D eigenvalue weighted by Crippen LogP contribution is 2.33. The standard InChI is InChI=1S/C9H10FIO3/c1-12-5-14-9-7(13-2)4-3-6(10)8(9)11/h3-4H,5H2,1-2H3. The first-order valence-corrected chi connectivity index (χ1v) is 4.92. The quantitative estimate of drug-likeness (QED) is 0.631. The highest BCUT2D eigenvalue weighted by molar-refractivity contribution is 14.1. The lowest BCUT2D eigenvalue weighted by atomic mass is 10.3. The fraction of sp³-hybridized carbons (Fsp3) is 0.333. The van der Waals surface area contributed by atoms with Crippen LogP contribution in [0.4, 0.5) is 4.39 Å². The summed E-state index contributed by atoms with van der Waals surface area (Å²) in [5, 5.41) is 0. The summed E-state index contributed by atoms with van der Waals surface area (Å²) in [6.07, 6.45) is 0. The van der Waals surface area contributed by atoms with E-state index in [1.807, 2.05) is 22.6 Å². The first-order chi connectivity index (χ1) is 6.70. The summed E-state index contributed by atoms with van der Waals surface area (Å²) in [4.78, 5) is 0. The average molecular weight is 312 g/mol. The molecule has 0 aliphatic heterocycles. The van der Waals surface area contributed by atoms with E-state index in [0.717, 1.165) is 0 Å². The number of rotatable bonds is 4. The monoisotopic (exact) mass is 312 g/mol. The van der Waals surface area contributed by atoms with Crippen molar-refractivity contribution < 1.29 is 18.6 Å². The van der Waals surface area contributed by atoms with Gasteiger partial charge in [-0.15, -0.1) is 0 Å². The van der Waals surface area contributed by atoms with Crippen molar-refractivity contribution in [2.24, 2.45) is 0 Å². The van der Waals surface area contributed by atoms with Gasteiger partial charge >= 0.3 is 0 Å². The van der Waals surface area contributed by atoms with Crippen molar-refractivity contribution in [2.75, 3.05) is 21.0 Å². The van der Waals surface area contributed by atoms with Crippen LogP contribution in [0.15, 0.2) is 12.1 Å². The number of hydrogen-bond acceptors (Lipinski definition) is 3. The molecule has 1 rings (SSSR count). The van der Waals surface area contributed by atoms with Crippen LogP contribution in [0.2, 0.25) is 0 Å². The topological polar surface area (TPSA) is 27.7 Å². The summed E-state index contributed by atoms with van der Waals surface area (Å²) in [7, 11) is 3.00. The molecule has 0 saturated carbocycles. The second kappa shape index (κ2) is 5.35. The lowest BCUT2D eigenvalue weighted by molar-refractivity contribution is 0.0482. The fourth-order valence-corrected chi connectivity index (χ4v) is 1.53. The molecule has 14 heavy (non-hydrogen) atoms. The first-order valence-electron chi connectivity index (χ1n) is 3.84. The van der Waals surface area contributed by atoms with Crippen LogP contribution < -0.4 is 9.47 Å². The van der Waals surface area contributed by atoms with E-state index in [4.69, 9.17) is 14.2 Å². The Hall–Kier alpha value is -0.560. The highest BCUT2D eigenvalue weighted by Gasteiger charge is 2.13. The SMILES string of the molecule is COCOc1c(OC)ccc(F)c1I. The molecule has 0 fully saturated rings. The molecule has 1 aromatic rings. The third-order valence-corrected chi connectivity index (χ3v) is 2.56. The molecule has 0 aliphatic rings. The Kier molecular flexibility index (Phi) is 4.40. The number of halogens is 2. The van der Waals surface area contributed by atoms with E-state index < -0.39 is 0 Å². The minimum absolute atomic E-state index is 0.0653. The Bertz CT molecular complexity index is 317. The molecule has 0 unspecified atom stereocenters. The van der Waals surface area contributed by atoms with Crippen molar-refractivity contribution in [3.8, 4) is 11.5 Å². The fourth-order valence-electron chi connectivity index (χ4n) is 0.927. The maximum absolute atomic E-state index is 13.1. The van der Waals surface area contributed by atoms with Gasteiger partial charge in [0.1, 0.15) is 5.82 Å². The highest BCUT2D eigenvalue weighted by atomic mass is 127. The van der Waals surface area contributed by atoms with Crippen LogP contribution in [-0.4, -0.2) is 21.0 Å². The average Bonchev–Trinajstić information content (AvgIpc) is 2.20. The van der Waals surface area contributed by atoms with Gasteiger partial charge in [0.25, 0.3) is 0 Å². The lowest BCUT2D eigenvalue weighted by Crippen LogP contribution is -2.03. The van der Waals surface area contributed by atoms with Crippen LogP contribution in [0.1, 0.15) is 0 Å². The minimum atomic E-state index is -0.336. The van der Waals surface area contributed by atoms with Gasteiger partial charge in [-0.25, -0.2) is 4.39 Å². The summed E-state index contributed by atoms with van der Waals surface area (Å²) in [6, 6.07) is 2.85. The van der Waals surface area contributed by atoms with Crippen LogP contribution >= 0.6 is 22.6 Å². The third kappa shape index (κ3) is 2.48. The van der Waals surface area contributed by atoms with Crippen molar-refractivity contribution in [3.05, 3.63) is 21.5 Å². The van der Waals surface area contributed by atoms with Gasteiger partial charge in [-0.05, 0) is 34.7 Å². The smallest absolute Gasteiger partial charge is 0.188 e. The summed E-state index contributed by atoms with van der Waals surface area (Å²) in [5.41, 5.74) is 0. The Labute approximate surface area is 95.3 Å². The van der Waals surface area contributed by atoms with Gasteiger partial charge in [0, 0.05) is 7.11 Å². The Morgan fingerprint density at radius 1 is 1.36 bits per heavy atom. The van der Waals surface area contributed by atoms with Gasteiger partial charge in [-0.2, -0.15) is 0 Å². The van der Waals surface area contributed by atoms with Gasteiger partial charge in [-0.1, -0.05) is 0 Å². The zero-order valence-corrected chi connectivity index (χ0v) is 10.00. The number of benzene rings is 1. The molecule has 0 heterocycles. The summed E-state index contributed by atoms with van der Waals surface area (Å²) in [6.45, 7) is 0.0653. The maximum Gasteiger partial charge on any atom is 0.188 e. The predicted octanol–water partition coefficient (Wildman–Crippen LogP) is 2.42. The normalized spacial score (nSPS) is 10.0. The summed E-state index contributed by atoms with van der Waals surface area (Å²) in [5.74, 6) is 0.528. The Balaban J connectivity index is 3.01. The molecule has 1 aromatic carbocycles. The summed E-state index contributed by atoms with van der Waals surface area (Å²) < 4.78 is 28.5. The van der Waals surface area contributed by atoms with E-state index >= 15 is 0 Å².